The van der Waals surface area contributed by atoms with E-state index < -0.39 is 0 Å². The van der Waals surface area contributed by atoms with E-state index in [1.807, 2.05) is 24.3 Å². The van der Waals surface area contributed by atoms with Gasteiger partial charge in [-0.2, -0.15) is 0 Å². The molecule has 3 heteroatoms. The molecule has 1 aliphatic rings. The maximum Gasteiger partial charge on any atom is 0.237 e. The Bertz CT molecular complexity index is 484. The van der Waals surface area contributed by atoms with E-state index in [2.05, 4.69) is 11.8 Å². The van der Waals surface area contributed by atoms with E-state index in [1.54, 1.807) is 18.9 Å². The molecule has 1 aromatic rings. The largest absolute Gasteiger partial charge is 0.364 e. The van der Waals surface area contributed by atoms with Gasteiger partial charge in [-0.05, 0) is 18.6 Å². The lowest BCUT2D eigenvalue weighted by Crippen LogP contribution is -2.30. The summed E-state index contributed by atoms with van der Waals surface area (Å²) in [5.41, 5.74) is 2.00. The van der Waals surface area contributed by atoms with Crippen LogP contribution in [0.3, 0.4) is 0 Å². The van der Waals surface area contributed by atoms with Crippen LogP contribution in [0, 0.1) is 11.8 Å². The average Bonchev–Trinajstić information content (AvgIpc) is 2.61. The first-order valence-corrected chi connectivity index (χ1v) is 5.58. The molecule has 0 fully saturated rings. The molecule has 88 valence electrons. The molecule has 0 aliphatic carbocycles. The molecule has 0 N–H and O–H groups in total. The number of amides is 1. The Morgan fingerprint density at radius 3 is 2.88 bits per heavy atom. The zero-order chi connectivity index (χ0) is 12.3. The van der Waals surface area contributed by atoms with Gasteiger partial charge in [0.2, 0.25) is 5.91 Å². The predicted molar refractivity (Wildman–Crippen MR) is 66.6 cm³/mol. The lowest BCUT2D eigenvalue weighted by molar-refractivity contribution is -0.120. The highest BCUT2D eigenvalue weighted by Gasteiger charge is 2.36. The summed E-state index contributed by atoms with van der Waals surface area (Å²) in [6.07, 6.45) is 0.576. The number of fused-ring (bicyclic) bond motifs is 1. The third-order valence-corrected chi connectivity index (χ3v) is 2.91. The van der Waals surface area contributed by atoms with Crippen molar-refractivity contribution in [1.29, 1.82) is 0 Å². The molecule has 1 aromatic carbocycles. The van der Waals surface area contributed by atoms with Crippen LogP contribution in [-0.2, 0) is 9.53 Å². The summed E-state index contributed by atoms with van der Waals surface area (Å²) in [4.78, 5) is 13.9. The second kappa shape index (κ2) is 5.03. The van der Waals surface area contributed by atoms with Crippen LogP contribution in [0.15, 0.2) is 24.3 Å². The zero-order valence-electron chi connectivity index (χ0n) is 10.1. The van der Waals surface area contributed by atoms with E-state index in [-0.39, 0.29) is 11.8 Å². The van der Waals surface area contributed by atoms with Crippen molar-refractivity contribution in [3.8, 4) is 11.8 Å². The smallest absolute Gasteiger partial charge is 0.237 e. The van der Waals surface area contributed by atoms with Crippen molar-refractivity contribution in [1.82, 2.24) is 0 Å². The van der Waals surface area contributed by atoms with E-state index in [1.165, 1.54) is 0 Å². The molecule has 0 spiro atoms. The molecule has 0 radical (unpaired) electrons. The Labute approximate surface area is 101 Å². The number of nitrogens with zero attached hydrogens (tertiary/aromatic N) is 1. The third kappa shape index (κ3) is 2.04. The van der Waals surface area contributed by atoms with Gasteiger partial charge in [-0.25, -0.2) is 0 Å². The van der Waals surface area contributed by atoms with Gasteiger partial charge in [0.05, 0.1) is 11.6 Å². The number of hydrogen-bond donors (Lipinski definition) is 0. The first-order chi connectivity index (χ1) is 8.29. The summed E-state index contributed by atoms with van der Waals surface area (Å²) in [5.74, 6) is 5.76. The molecular weight excluding hydrogens is 214 g/mol. The van der Waals surface area contributed by atoms with E-state index in [4.69, 9.17) is 4.74 Å². The maximum atomic E-state index is 12.2. The van der Waals surface area contributed by atoms with Crippen molar-refractivity contribution in [3.63, 3.8) is 0 Å². The fraction of sp³-hybridized carbons (Fsp3) is 0.357. The minimum Gasteiger partial charge on any atom is -0.364 e. The number of methoxy groups -OCH3 is 1. The van der Waals surface area contributed by atoms with Gasteiger partial charge in [-0.3, -0.25) is 9.69 Å². The third-order valence-electron chi connectivity index (χ3n) is 2.91. The van der Waals surface area contributed by atoms with Gasteiger partial charge in [-0.1, -0.05) is 18.2 Å². The summed E-state index contributed by atoms with van der Waals surface area (Å²) in [6.45, 7) is 2.09. The minimum absolute atomic E-state index is 0.0794. The van der Waals surface area contributed by atoms with Crippen molar-refractivity contribution >= 4 is 11.6 Å². The van der Waals surface area contributed by atoms with Crippen molar-refractivity contribution in [3.05, 3.63) is 29.8 Å². The van der Waals surface area contributed by atoms with Crippen LogP contribution in [0.25, 0.3) is 0 Å². The highest BCUT2D eigenvalue weighted by atomic mass is 16.5. The van der Waals surface area contributed by atoms with Crippen LogP contribution < -0.4 is 4.90 Å². The Hall–Kier alpha value is -1.79. The first kappa shape index (κ1) is 11.7. The van der Waals surface area contributed by atoms with E-state index >= 15 is 0 Å². The lowest BCUT2D eigenvalue weighted by atomic mass is 9.98. The minimum atomic E-state index is -0.145. The molecule has 1 atom stereocenters. The van der Waals surface area contributed by atoms with Gasteiger partial charge in [0, 0.05) is 13.5 Å². The number of carbonyl (C=O) groups excluding carboxylic acids is 1. The van der Waals surface area contributed by atoms with Gasteiger partial charge < -0.3 is 4.74 Å². The molecule has 1 amide bonds. The average molecular weight is 229 g/mol. The Balaban J connectivity index is 2.36. The highest BCUT2D eigenvalue weighted by molar-refractivity contribution is 6.04. The predicted octanol–water partition coefficient (Wildman–Crippen LogP) is 2.13. The molecule has 0 saturated carbocycles. The number of benzene rings is 1. The summed E-state index contributed by atoms with van der Waals surface area (Å²) in [6, 6.07) is 7.83. The fourth-order valence-electron chi connectivity index (χ4n) is 2.13. The molecule has 3 nitrogen and oxygen atoms in total. The number of ether oxygens (including phenoxy) is 1. The SMILES string of the molecule is CC#CCC1C(=O)N(COC)c2ccccc21. The lowest BCUT2D eigenvalue weighted by Gasteiger charge is -2.16. The van der Waals surface area contributed by atoms with Crippen LogP contribution in [0.2, 0.25) is 0 Å². The van der Waals surface area contributed by atoms with Crippen molar-refractivity contribution in [2.75, 3.05) is 18.7 Å². The second-order valence-corrected chi connectivity index (χ2v) is 3.93. The van der Waals surface area contributed by atoms with E-state index in [0.29, 0.717) is 13.2 Å². The number of rotatable bonds is 3. The first-order valence-electron chi connectivity index (χ1n) is 5.58. The van der Waals surface area contributed by atoms with Crippen molar-refractivity contribution < 1.29 is 9.53 Å². The van der Waals surface area contributed by atoms with Gasteiger partial charge in [0.15, 0.2) is 0 Å². The monoisotopic (exact) mass is 229 g/mol. The van der Waals surface area contributed by atoms with Crippen molar-refractivity contribution in [2.24, 2.45) is 0 Å². The Morgan fingerprint density at radius 2 is 2.18 bits per heavy atom. The topological polar surface area (TPSA) is 29.5 Å². The van der Waals surface area contributed by atoms with Gasteiger partial charge in [0.1, 0.15) is 6.73 Å². The molecule has 0 bridgehead atoms. The Morgan fingerprint density at radius 1 is 1.41 bits per heavy atom. The van der Waals surface area contributed by atoms with Crippen LogP contribution in [0.4, 0.5) is 5.69 Å². The van der Waals surface area contributed by atoms with E-state index in [0.717, 1.165) is 11.3 Å². The van der Waals surface area contributed by atoms with Crippen molar-refractivity contribution in [2.45, 2.75) is 19.3 Å². The standard InChI is InChI=1S/C14H15NO2/c1-3-4-7-12-11-8-5-6-9-13(11)15(10-17-2)14(12)16/h5-6,8-9,12H,7,10H2,1-2H3. The van der Waals surface area contributed by atoms with Crippen LogP contribution in [0.5, 0.6) is 0 Å². The number of para-hydroxylation sites is 1. The molecule has 1 heterocycles. The fourth-order valence-corrected chi connectivity index (χ4v) is 2.13. The quantitative estimate of drug-likeness (QED) is 0.743. The zero-order valence-corrected chi connectivity index (χ0v) is 10.1. The maximum absolute atomic E-state index is 12.2. The van der Waals surface area contributed by atoms with E-state index in [9.17, 15) is 4.79 Å². The van der Waals surface area contributed by atoms with Gasteiger partial charge >= 0.3 is 0 Å². The highest BCUT2D eigenvalue weighted by Crippen LogP contribution is 2.38. The van der Waals surface area contributed by atoms with Crippen LogP contribution in [0.1, 0.15) is 24.8 Å². The second-order valence-electron chi connectivity index (χ2n) is 3.93. The van der Waals surface area contributed by atoms with Crippen LogP contribution in [-0.4, -0.2) is 19.7 Å². The number of hydrogen-bond acceptors (Lipinski definition) is 2. The number of carbonyl (C=O) groups is 1. The molecule has 17 heavy (non-hydrogen) atoms. The molecule has 0 saturated heterocycles. The summed E-state index contributed by atoms with van der Waals surface area (Å²) < 4.78 is 5.07. The normalized spacial score (nSPS) is 17.6. The molecule has 0 aromatic heterocycles. The van der Waals surface area contributed by atoms with Crippen LogP contribution >= 0.6 is 0 Å². The Kier molecular flexibility index (Phi) is 3.46. The summed E-state index contributed by atoms with van der Waals surface area (Å²) in [7, 11) is 1.59. The van der Waals surface area contributed by atoms with Gasteiger partial charge in [-0.15, -0.1) is 11.8 Å². The molecular formula is C14H15NO2. The number of anilines is 1. The van der Waals surface area contributed by atoms with Gasteiger partial charge in [0.25, 0.3) is 0 Å². The molecule has 1 aliphatic heterocycles. The molecule has 2 rings (SSSR count). The summed E-state index contributed by atoms with van der Waals surface area (Å²) in [5, 5.41) is 0. The molecule has 1 unspecified atom stereocenters. The summed E-state index contributed by atoms with van der Waals surface area (Å²) >= 11 is 0.